The zero-order valence-corrected chi connectivity index (χ0v) is 18.6. The summed E-state index contributed by atoms with van der Waals surface area (Å²) in [5.74, 6) is -1.20. The van der Waals surface area contributed by atoms with E-state index >= 15 is 0 Å². The van der Waals surface area contributed by atoms with E-state index in [4.69, 9.17) is 9.15 Å². The van der Waals surface area contributed by atoms with Crippen molar-refractivity contribution in [3.63, 3.8) is 0 Å². The molecule has 3 aromatic carbocycles. The number of para-hydroxylation sites is 1. The molecule has 164 valence electrons. The number of ether oxygens (including phenoxy) is 1. The predicted octanol–water partition coefficient (Wildman–Crippen LogP) is 4.18. The average molecular weight is 458 g/mol. The van der Waals surface area contributed by atoms with E-state index in [-0.39, 0.29) is 12.1 Å². The number of carbonyl (C=O) groups excluding carboxylic acids is 2. The molecular formula is C25H18N2O5S. The molecule has 0 fully saturated rings. The Labute approximate surface area is 191 Å². The summed E-state index contributed by atoms with van der Waals surface area (Å²) >= 11 is 1.26. The van der Waals surface area contributed by atoms with Crippen molar-refractivity contribution in [2.75, 3.05) is 7.11 Å². The van der Waals surface area contributed by atoms with E-state index in [1.54, 1.807) is 10.6 Å². The summed E-state index contributed by atoms with van der Waals surface area (Å²) in [4.78, 5) is 42.3. The fraction of sp³-hybridized carbons (Fsp3) is 0.120. The number of nitrogens with zero attached hydrogens (tertiary/aromatic N) is 2. The number of carbonyl (C=O) groups is 2. The first-order chi connectivity index (χ1) is 16.0. The second-order valence-corrected chi connectivity index (χ2v) is 8.54. The van der Waals surface area contributed by atoms with Gasteiger partial charge in [0, 0.05) is 5.39 Å². The van der Waals surface area contributed by atoms with E-state index in [0.29, 0.717) is 15.8 Å². The molecule has 0 aliphatic carbocycles. The molecule has 8 heteroatoms. The first-order valence-electron chi connectivity index (χ1n) is 10.2. The highest BCUT2D eigenvalue weighted by Crippen LogP contribution is 2.25. The summed E-state index contributed by atoms with van der Waals surface area (Å²) in [6, 6.07) is 18.4. The summed E-state index contributed by atoms with van der Waals surface area (Å²) in [5.41, 5.74) is 1.18. The smallest absolute Gasteiger partial charge is 0.349 e. The Kier molecular flexibility index (Phi) is 5.14. The van der Waals surface area contributed by atoms with Crippen molar-refractivity contribution in [2.24, 2.45) is 4.99 Å². The number of methoxy groups -OCH3 is 1. The molecule has 0 unspecified atom stereocenters. The van der Waals surface area contributed by atoms with E-state index in [9.17, 15) is 14.4 Å². The number of amides is 1. The molecule has 5 aromatic rings. The second-order valence-electron chi connectivity index (χ2n) is 7.53. The van der Waals surface area contributed by atoms with Gasteiger partial charge >= 0.3 is 11.6 Å². The maximum absolute atomic E-state index is 13.1. The Hall–Kier alpha value is -4.04. The van der Waals surface area contributed by atoms with Crippen LogP contribution in [0.25, 0.3) is 32.0 Å². The van der Waals surface area contributed by atoms with Gasteiger partial charge in [0.05, 0.1) is 17.3 Å². The third-order valence-corrected chi connectivity index (χ3v) is 6.53. The van der Waals surface area contributed by atoms with Crippen LogP contribution in [0.2, 0.25) is 0 Å². The van der Waals surface area contributed by atoms with Gasteiger partial charge in [0.2, 0.25) is 0 Å². The molecule has 33 heavy (non-hydrogen) atoms. The Morgan fingerprint density at radius 2 is 1.88 bits per heavy atom. The van der Waals surface area contributed by atoms with Crippen LogP contribution in [0.4, 0.5) is 0 Å². The van der Waals surface area contributed by atoms with Crippen molar-refractivity contribution in [1.29, 1.82) is 0 Å². The number of benzene rings is 3. The Morgan fingerprint density at radius 3 is 2.70 bits per heavy atom. The molecule has 2 aromatic heterocycles. The minimum atomic E-state index is -0.761. The maximum Gasteiger partial charge on any atom is 0.349 e. The molecule has 0 aliphatic heterocycles. The summed E-state index contributed by atoms with van der Waals surface area (Å²) in [6.07, 6.45) is 0. The SMILES string of the molecule is COC(=O)Cn1c(=NC(=O)c2cc3c(ccc4ccccc43)oc2=O)sc2cccc(C)c21. The van der Waals surface area contributed by atoms with Crippen LogP contribution >= 0.6 is 11.3 Å². The Bertz CT molecular complexity index is 1710. The van der Waals surface area contributed by atoms with Gasteiger partial charge in [-0.05, 0) is 41.5 Å². The van der Waals surface area contributed by atoms with Crippen molar-refractivity contribution >= 4 is 55.2 Å². The van der Waals surface area contributed by atoms with Gasteiger partial charge in [0.1, 0.15) is 17.7 Å². The van der Waals surface area contributed by atoms with Gasteiger partial charge < -0.3 is 13.7 Å². The molecule has 1 amide bonds. The van der Waals surface area contributed by atoms with Crippen molar-refractivity contribution in [3.05, 3.63) is 87.0 Å². The quantitative estimate of drug-likeness (QED) is 0.230. The predicted molar refractivity (Wildman–Crippen MR) is 126 cm³/mol. The van der Waals surface area contributed by atoms with Gasteiger partial charge in [-0.2, -0.15) is 4.99 Å². The highest BCUT2D eigenvalue weighted by Gasteiger charge is 2.17. The number of rotatable bonds is 3. The molecule has 2 heterocycles. The maximum atomic E-state index is 13.1. The normalized spacial score (nSPS) is 12.0. The molecule has 0 atom stereocenters. The molecule has 0 saturated heterocycles. The van der Waals surface area contributed by atoms with Crippen LogP contribution < -0.4 is 10.4 Å². The topological polar surface area (TPSA) is 90.9 Å². The Morgan fingerprint density at radius 1 is 1.06 bits per heavy atom. The number of thiazole rings is 1. The molecule has 0 aliphatic rings. The number of hydrogen-bond donors (Lipinski definition) is 0. The van der Waals surface area contributed by atoms with Crippen molar-refractivity contribution in [1.82, 2.24) is 4.57 Å². The monoisotopic (exact) mass is 458 g/mol. The zero-order valence-electron chi connectivity index (χ0n) is 17.8. The van der Waals surface area contributed by atoms with Gasteiger partial charge in [0.15, 0.2) is 4.80 Å². The van der Waals surface area contributed by atoms with Crippen LogP contribution in [0.1, 0.15) is 15.9 Å². The Balaban J connectivity index is 1.71. The molecule has 0 saturated carbocycles. The lowest BCUT2D eigenvalue weighted by molar-refractivity contribution is -0.141. The van der Waals surface area contributed by atoms with Crippen LogP contribution in [0.3, 0.4) is 0 Å². The van der Waals surface area contributed by atoms with Gasteiger partial charge in [0.25, 0.3) is 5.91 Å². The lowest BCUT2D eigenvalue weighted by Gasteiger charge is -2.06. The number of fused-ring (bicyclic) bond motifs is 4. The van der Waals surface area contributed by atoms with Crippen molar-refractivity contribution in [3.8, 4) is 0 Å². The fourth-order valence-corrected chi connectivity index (χ4v) is 5.01. The summed E-state index contributed by atoms with van der Waals surface area (Å²) in [5, 5.41) is 2.48. The molecule has 0 N–H and O–H groups in total. The van der Waals surface area contributed by atoms with E-state index in [0.717, 1.165) is 26.6 Å². The molecular weight excluding hydrogens is 440 g/mol. The highest BCUT2D eigenvalue weighted by molar-refractivity contribution is 7.16. The van der Waals surface area contributed by atoms with Gasteiger partial charge in [-0.3, -0.25) is 9.59 Å². The van der Waals surface area contributed by atoms with E-state index in [2.05, 4.69) is 4.99 Å². The van der Waals surface area contributed by atoms with E-state index in [1.807, 2.05) is 55.5 Å². The minimum absolute atomic E-state index is 0.107. The summed E-state index contributed by atoms with van der Waals surface area (Å²) in [7, 11) is 1.30. The van der Waals surface area contributed by atoms with Crippen molar-refractivity contribution in [2.45, 2.75) is 13.5 Å². The lowest BCUT2D eigenvalue weighted by Crippen LogP contribution is -2.23. The van der Waals surface area contributed by atoms with Gasteiger partial charge in [-0.15, -0.1) is 0 Å². The van der Waals surface area contributed by atoms with Crippen LogP contribution in [-0.4, -0.2) is 23.6 Å². The second kappa shape index (κ2) is 8.14. The van der Waals surface area contributed by atoms with E-state index < -0.39 is 17.5 Å². The van der Waals surface area contributed by atoms with Crippen molar-refractivity contribution < 1.29 is 18.7 Å². The fourth-order valence-electron chi connectivity index (χ4n) is 3.90. The molecule has 0 bridgehead atoms. The van der Waals surface area contributed by atoms with Crippen LogP contribution in [0, 0.1) is 6.92 Å². The summed E-state index contributed by atoms with van der Waals surface area (Å²) < 4.78 is 12.8. The number of esters is 1. The number of hydrogen-bond acceptors (Lipinski definition) is 6. The number of aryl methyl sites for hydroxylation is 1. The minimum Gasteiger partial charge on any atom is -0.468 e. The third-order valence-electron chi connectivity index (χ3n) is 5.49. The first kappa shape index (κ1) is 20.8. The standard InChI is InChI=1S/C25H18N2O5S/c1-14-6-5-9-20-22(14)27(13-21(28)31-2)25(33-20)26-23(29)18-12-17-16-8-4-3-7-15(16)10-11-19(17)32-24(18)30/h3-12H,13H2,1-2H3. The highest BCUT2D eigenvalue weighted by atomic mass is 32.1. The molecule has 5 rings (SSSR count). The largest absolute Gasteiger partial charge is 0.468 e. The van der Waals surface area contributed by atoms with E-state index in [1.165, 1.54) is 24.5 Å². The van der Waals surface area contributed by atoms with Crippen LogP contribution in [0.15, 0.2) is 74.9 Å². The number of aromatic nitrogens is 1. The van der Waals surface area contributed by atoms with Crippen LogP contribution in [-0.2, 0) is 16.1 Å². The first-order valence-corrected chi connectivity index (χ1v) is 11.0. The van der Waals surface area contributed by atoms with Crippen LogP contribution in [0.5, 0.6) is 0 Å². The molecule has 0 radical (unpaired) electrons. The van der Waals surface area contributed by atoms with Gasteiger partial charge in [-0.25, -0.2) is 4.79 Å². The molecule has 7 nitrogen and oxygen atoms in total. The summed E-state index contributed by atoms with van der Waals surface area (Å²) in [6.45, 7) is 1.81. The molecule has 0 spiro atoms. The zero-order chi connectivity index (χ0) is 23.1. The lowest BCUT2D eigenvalue weighted by atomic mass is 10.0. The van der Waals surface area contributed by atoms with Gasteiger partial charge in [-0.1, -0.05) is 53.8 Å². The third kappa shape index (κ3) is 3.64. The average Bonchev–Trinajstić information content (AvgIpc) is 3.16.